The Morgan fingerprint density at radius 2 is 1.60 bits per heavy atom. The third kappa shape index (κ3) is 5.10. The van der Waals surface area contributed by atoms with Gasteiger partial charge in [0.25, 0.3) is 0 Å². The number of nitrogens with zero attached hydrogens (tertiary/aromatic N) is 1. The molecule has 2 aromatic rings. The van der Waals surface area contributed by atoms with Crippen LogP contribution in [0.4, 0.5) is 0 Å². The lowest BCUT2D eigenvalue weighted by Crippen LogP contribution is -2.28. The summed E-state index contributed by atoms with van der Waals surface area (Å²) in [4.78, 5) is 12.8. The number of rotatable bonds is 7. The van der Waals surface area contributed by atoms with Gasteiger partial charge in [0.1, 0.15) is 0 Å². The van der Waals surface area contributed by atoms with Gasteiger partial charge in [0.15, 0.2) is 0 Å². The molecular formula is C24H32N2O3S. The molecular weight excluding hydrogens is 396 g/mol. The summed E-state index contributed by atoms with van der Waals surface area (Å²) in [5.74, 6) is -0.00565. The van der Waals surface area contributed by atoms with Crippen molar-refractivity contribution in [2.75, 3.05) is 13.1 Å². The number of nitrogens with one attached hydrogen (secondary N) is 1. The summed E-state index contributed by atoms with van der Waals surface area (Å²) in [5.41, 5.74) is 5.76. The minimum atomic E-state index is -3.39. The van der Waals surface area contributed by atoms with Crippen molar-refractivity contribution >= 4 is 15.9 Å². The number of benzene rings is 2. The van der Waals surface area contributed by atoms with E-state index in [1.807, 2.05) is 19.1 Å². The van der Waals surface area contributed by atoms with Crippen molar-refractivity contribution in [1.82, 2.24) is 9.62 Å². The number of amides is 1. The molecule has 1 unspecified atom stereocenters. The zero-order valence-corrected chi connectivity index (χ0v) is 19.2. The second-order valence-electron chi connectivity index (χ2n) is 8.34. The van der Waals surface area contributed by atoms with E-state index in [4.69, 9.17) is 0 Å². The van der Waals surface area contributed by atoms with E-state index in [0.717, 1.165) is 24.0 Å². The van der Waals surface area contributed by atoms with Crippen LogP contribution in [0.5, 0.6) is 0 Å². The standard InChI is InChI=1S/C24H32N2O3S/c1-17-15-19(3)23(16-18(17)2)20(4)25-24(27)12-9-21-7-10-22(11-8-21)30(28,29)26-13-5-6-14-26/h7-8,10-11,15-16,20H,5-6,9,12-14H2,1-4H3,(H,25,27). The largest absolute Gasteiger partial charge is 0.350 e. The average Bonchev–Trinajstić information content (AvgIpc) is 3.25. The van der Waals surface area contributed by atoms with E-state index in [9.17, 15) is 13.2 Å². The highest BCUT2D eigenvalue weighted by atomic mass is 32.2. The molecule has 0 spiro atoms. The fourth-order valence-electron chi connectivity index (χ4n) is 4.00. The molecule has 1 amide bonds. The fourth-order valence-corrected chi connectivity index (χ4v) is 5.52. The molecule has 3 rings (SSSR count). The monoisotopic (exact) mass is 428 g/mol. The lowest BCUT2D eigenvalue weighted by Gasteiger charge is -2.18. The SMILES string of the molecule is Cc1cc(C)c(C(C)NC(=O)CCc2ccc(S(=O)(=O)N3CCCC3)cc2)cc1C. The molecule has 1 saturated heterocycles. The Morgan fingerprint density at radius 1 is 1.00 bits per heavy atom. The molecule has 1 heterocycles. The number of sulfonamides is 1. The van der Waals surface area contributed by atoms with Gasteiger partial charge >= 0.3 is 0 Å². The predicted molar refractivity (Wildman–Crippen MR) is 120 cm³/mol. The van der Waals surface area contributed by atoms with E-state index in [1.54, 1.807) is 16.4 Å². The third-order valence-electron chi connectivity index (χ3n) is 5.99. The average molecular weight is 429 g/mol. The highest BCUT2D eigenvalue weighted by Gasteiger charge is 2.26. The van der Waals surface area contributed by atoms with Gasteiger partial charge in [0.05, 0.1) is 10.9 Å². The third-order valence-corrected chi connectivity index (χ3v) is 7.91. The molecule has 0 aliphatic carbocycles. The molecule has 1 aliphatic heterocycles. The van der Waals surface area contributed by atoms with Gasteiger partial charge in [-0.2, -0.15) is 4.31 Å². The smallest absolute Gasteiger partial charge is 0.243 e. The van der Waals surface area contributed by atoms with Gasteiger partial charge in [0.2, 0.25) is 15.9 Å². The Balaban J connectivity index is 1.56. The summed E-state index contributed by atoms with van der Waals surface area (Å²) in [6, 6.07) is 11.2. The van der Waals surface area contributed by atoms with Crippen molar-refractivity contribution in [2.45, 2.75) is 64.3 Å². The van der Waals surface area contributed by atoms with Crippen LogP contribution >= 0.6 is 0 Å². The van der Waals surface area contributed by atoms with Crippen LogP contribution in [0, 0.1) is 20.8 Å². The summed E-state index contributed by atoms with van der Waals surface area (Å²) in [6.07, 6.45) is 2.79. The molecule has 0 aromatic heterocycles. The van der Waals surface area contributed by atoms with E-state index >= 15 is 0 Å². The maximum absolute atomic E-state index is 12.6. The van der Waals surface area contributed by atoms with Crippen LogP contribution in [-0.4, -0.2) is 31.7 Å². The van der Waals surface area contributed by atoms with Gasteiger partial charge in [0, 0.05) is 19.5 Å². The first kappa shape index (κ1) is 22.5. The Bertz CT molecular complexity index is 1010. The summed E-state index contributed by atoms with van der Waals surface area (Å²) in [5, 5.41) is 3.09. The maximum atomic E-state index is 12.6. The minimum absolute atomic E-state index is 0.00565. The summed E-state index contributed by atoms with van der Waals surface area (Å²) in [6.45, 7) is 9.46. The van der Waals surface area contributed by atoms with E-state index in [0.29, 0.717) is 30.8 Å². The van der Waals surface area contributed by atoms with E-state index in [1.165, 1.54) is 16.7 Å². The van der Waals surface area contributed by atoms with Crippen LogP contribution in [0.1, 0.15) is 60.0 Å². The maximum Gasteiger partial charge on any atom is 0.243 e. The lowest BCUT2D eigenvalue weighted by atomic mass is 9.96. The number of carbonyl (C=O) groups is 1. The van der Waals surface area contributed by atoms with Gasteiger partial charge < -0.3 is 5.32 Å². The Kier molecular flexibility index (Phi) is 6.98. The van der Waals surface area contributed by atoms with Gasteiger partial charge in [-0.25, -0.2) is 8.42 Å². The summed E-state index contributed by atoms with van der Waals surface area (Å²) < 4.78 is 26.8. The Morgan fingerprint density at radius 3 is 2.23 bits per heavy atom. The number of hydrogen-bond acceptors (Lipinski definition) is 3. The zero-order valence-electron chi connectivity index (χ0n) is 18.4. The van der Waals surface area contributed by atoms with Crippen molar-refractivity contribution in [3.05, 3.63) is 64.2 Å². The van der Waals surface area contributed by atoms with E-state index < -0.39 is 10.0 Å². The first-order chi connectivity index (χ1) is 14.2. The highest BCUT2D eigenvalue weighted by molar-refractivity contribution is 7.89. The number of aryl methyl sites for hydroxylation is 4. The molecule has 1 atom stereocenters. The zero-order chi connectivity index (χ0) is 21.9. The molecule has 30 heavy (non-hydrogen) atoms. The van der Waals surface area contributed by atoms with Crippen LogP contribution in [0.3, 0.4) is 0 Å². The first-order valence-electron chi connectivity index (χ1n) is 10.6. The van der Waals surface area contributed by atoms with Crippen LogP contribution in [0.2, 0.25) is 0 Å². The lowest BCUT2D eigenvalue weighted by molar-refractivity contribution is -0.121. The molecule has 1 fully saturated rings. The quantitative estimate of drug-likeness (QED) is 0.718. The molecule has 0 bridgehead atoms. The Labute approximate surface area is 180 Å². The molecule has 1 N–H and O–H groups in total. The predicted octanol–water partition coefficient (Wildman–Crippen LogP) is 4.21. The number of carbonyl (C=O) groups excluding carboxylic acids is 1. The van der Waals surface area contributed by atoms with Crippen molar-refractivity contribution in [1.29, 1.82) is 0 Å². The molecule has 0 radical (unpaired) electrons. The van der Waals surface area contributed by atoms with Gasteiger partial charge in [-0.3, -0.25) is 4.79 Å². The van der Waals surface area contributed by atoms with E-state index in [-0.39, 0.29) is 11.9 Å². The van der Waals surface area contributed by atoms with Crippen LogP contribution in [0.15, 0.2) is 41.3 Å². The van der Waals surface area contributed by atoms with E-state index in [2.05, 4.69) is 38.2 Å². The second kappa shape index (κ2) is 9.31. The molecule has 2 aromatic carbocycles. The van der Waals surface area contributed by atoms with Gasteiger partial charge in [-0.05, 0) is 86.9 Å². The molecule has 1 aliphatic rings. The normalized spacial score (nSPS) is 15.9. The second-order valence-corrected chi connectivity index (χ2v) is 10.3. The van der Waals surface area contributed by atoms with Crippen LogP contribution < -0.4 is 5.32 Å². The van der Waals surface area contributed by atoms with Gasteiger partial charge in [-0.15, -0.1) is 0 Å². The fraction of sp³-hybridized carbons (Fsp3) is 0.458. The van der Waals surface area contributed by atoms with Crippen LogP contribution in [-0.2, 0) is 21.2 Å². The molecule has 162 valence electrons. The van der Waals surface area contributed by atoms with Crippen molar-refractivity contribution < 1.29 is 13.2 Å². The van der Waals surface area contributed by atoms with Crippen molar-refractivity contribution in [2.24, 2.45) is 0 Å². The van der Waals surface area contributed by atoms with Crippen molar-refractivity contribution in [3.8, 4) is 0 Å². The molecule has 6 heteroatoms. The minimum Gasteiger partial charge on any atom is -0.350 e. The number of hydrogen-bond donors (Lipinski definition) is 1. The summed E-state index contributed by atoms with van der Waals surface area (Å²) >= 11 is 0. The topological polar surface area (TPSA) is 66.5 Å². The Hall–Kier alpha value is -2.18. The molecule has 0 saturated carbocycles. The highest BCUT2D eigenvalue weighted by Crippen LogP contribution is 2.23. The van der Waals surface area contributed by atoms with Crippen LogP contribution in [0.25, 0.3) is 0 Å². The molecule has 5 nitrogen and oxygen atoms in total. The van der Waals surface area contributed by atoms with Crippen molar-refractivity contribution in [3.63, 3.8) is 0 Å². The first-order valence-corrected chi connectivity index (χ1v) is 12.1. The summed E-state index contributed by atoms with van der Waals surface area (Å²) in [7, 11) is -3.39. The van der Waals surface area contributed by atoms with Gasteiger partial charge in [-0.1, -0.05) is 24.3 Å².